The Kier molecular flexibility index (Phi) is 3.16. The molecule has 0 spiro atoms. The molecule has 1 atom stereocenters. The number of aliphatic carboxylic acids is 1. The Hall–Kier alpha value is -1.60. The highest BCUT2D eigenvalue weighted by Gasteiger charge is 2.26. The Balaban J connectivity index is 1.98. The first kappa shape index (κ1) is 12.4. The van der Waals surface area contributed by atoms with Crippen LogP contribution in [0.15, 0.2) is 23.2 Å². The number of anilines is 1. The van der Waals surface area contributed by atoms with E-state index >= 15 is 0 Å². The Morgan fingerprint density at radius 3 is 3.05 bits per heavy atom. The zero-order valence-electron chi connectivity index (χ0n) is 10.1. The molecule has 1 aromatic carbocycles. The first-order chi connectivity index (χ1) is 9.17. The number of nitrogens with one attached hydrogen (secondary N) is 1. The van der Waals surface area contributed by atoms with Crippen molar-refractivity contribution in [1.82, 2.24) is 4.98 Å². The summed E-state index contributed by atoms with van der Waals surface area (Å²) < 4.78 is 1.07. The van der Waals surface area contributed by atoms with Crippen molar-refractivity contribution in [1.29, 1.82) is 0 Å². The topological polar surface area (TPSA) is 74.6 Å². The van der Waals surface area contributed by atoms with Crippen LogP contribution in [0.1, 0.15) is 5.01 Å². The second-order valence-corrected chi connectivity index (χ2v) is 6.09. The minimum absolute atomic E-state index is 0.488. The molecule has 19 heavy (non-hydrogen) atoms. The summed E-state index contributed by atoms with van der Waals surface area (Å²) in [6.07, 6.45) is 0. The maximum Gasteiger partial charge on any atom is 0.329 e. The van der Waals surface area contributed by atoms with Gasteiger partial charge in [-0.15, -0.1) is 23.1 Å². The number of rotatable bonds is 3. The molecule has 0 radical (unpaired) electrons. The van der Waals surface area contributed by atoms with Crippen LogP contribution in [-0.2, 0) is 4.79 Å². The van der Waals surface area contributed by atoms with Gasteiger partial charge in [-0.3, -0.25) is 4.99 Å². The lowest BCUT2D eigenvalue weighted by Crippen LogP contribution is -2.17. The molecule has 2 N–H and O–H groups in total. The number of hydrogen-bond acceptors (Lipinski definition) is 6. The van der Waals surface area contributed by atoms with E-state index in [0.29, 0.717) is 5.75 Å². The summed E-state index contributed by atoms with van der Waals surface area (Å²) in [5.41, 5.74) is 1.95. The molecule has 1 aliphatic heterocycles. The van der Waals surface area contributed by atoms with Crippen molar-refractivity contribution in [3.05, 3.63) is 23.2 Å². The smallest absolute Gasteiger partial charge is 0.329 e. The number of carboxylic acids is 1. The minimum Gasteiger partial charge on any atom is -0.480 e. The van der Waals surface area contributed by atoms with Crippen molar-refractivity contribution >= 4 is 50.0 Å². The molecular weight excluding hydrogens is 282 g/mol. The molecule has 98 valence electrons. The average Bonchev–Trinajstić information content (AvgIpc) is 3.04. The molecule has 0 unspecified atom stereocenters. The molecule has 3 rings (SSSR count). The fraction of sp³-hybridized carbons (Fsp3) is 0.250. The van der Waals surface area contributed by atoms with Gasteiger partial charge in [0, 0.05) is 18.5 Å². The predicted octanol–water partition coefficient (Wildman–Crippen LogP) is 2.28. The monoisotopic (exact) mass is 293 g/mol. The highest BCUT2D eigenvalue weighted by atomic mass is 32.2. The van der Waals surface area contributed by atoms with Crippen LogP contribution in [-0.4, -0.2) is 39.9 Å². The fourth-order valence-electron chi connectivity index (χ4n) is 1.79. The molecule has 1 aliphatic rings. The van der Waals surface area contributed by atoms with Gasteiger partial charge in [0.1, 0.15) is 10.1 Å². The molecule has 0 saturated heterocycles. The number of aromatic nitrogens is 1. The number of hydrogen-bond donors (Lipinski definition) is 2. The lowest BCUT2D eigenvalue weighted by molar-refractivity contribution is -0.137. The fourth-order valence-corrected chi connectivity index (χ4v) is 3.89. The lowest BCUT2D eigenvalue weighted by Gasteiger charge is -1.96. The normalized spacial score (nSPS) is 18.6. The number of nitrogens with zero attached hydrogens (tertiary/aromatic N) is 2. The summed E-state index contributed by atoms with van der Waals surface area (Å²) in [6.45, 7) is 0. The second-order valence-electron chi connectivity index (χ2n) is 4.05. The molecule has 0 fully saturated rings. The van der Waals surface area contributed by atoms with Gasteiger partial charge in [-0.2, -0.15) is 0 Å². The van der Waals surface area contributed by atoms with Crippen LogP contribution < -0.4 is 5.32 Å². The van der Waals surface area contributed by atoms with Crippen LogP contribution in [0.2, 0.25) is 0 Å². The molecule has 2 heterocycles. The van der Waals surface area contributed by atoms with E-state index in [2.05, 4.69) is 15.3 Å². The number of thioether (sulfide) groups is 1. The number of aliphatic imine (C=N–C) groups is 1. The summed E-state index contributed by atoms with van der Waals surface area (Å²) in [5, 5.41) is 13.6. The number of carbonyl (C=O) groups is 1. The van der Waals surface area contributed by atoms with Crippen molar-refractivity contribution < 1.29 is 9.90 Å². The average molecular weight is 293 g/mol. The zero-order chi connectivity index (χ0) is 13.4. The summed E-state index contributed by atoms with van der Waals surface area (Å²) in [6, 6.07) is 5.32. The third-order valence-corrected chi connectivity index (χ3v) is 5.00. The van der Waals surface area contributed by atoms with E-state index in [9.17, 15) is 4.79 Å². The SMILES string of the molecule is CNc1ccc2nc(C3=N[C@@H](C(=O)O)CS3)sc2c1. The zero-order valence-corrected chi connectivity index (χ0v) is 11.7. The Labute approximate surface area is 117 Å². The van der Waals surface area contributed by atoms with Gasteiger partial charge in [0.25, 0.3) is 0 Å². The van der Waals surface area contributed by atoms with Gasteiger partial charge >= 0.3 is 5.97 Å². The lowest BCUT2D eigenvalue weighted by atomic mass is 10.3. The van der Waals surface area contributed by atoms with Crippen LogP contribution in [0, 0.1) is 0 Å². The first-order valence-electron chi connectivity index (χ1n) is 5.69. The minimum atomic E-state index is -0.874. The van der Waals surface area contributed by atoms with Crippen molar-refractivity contribution in [2.45, 2.75) is 6.04 Å². The molecule has 0 aliphatic carbocycles. The molecule has 2 aromatic rings. The highest BCUT2D eigenvalue weighted by molar-refractivity contribution is 8.15. The molecular formula is C12H11N3O2S2. The summed E-state index contributed by atoms with van der Waals surface area (Å²) in [5.74, 6) is -0.386. The first-order valence-corrected chi connectivity index (χ1v) is 7.49. The number of carboxylic acid groups (broad SMARTS) is 1. The maximum absolute atomic E-state index is 10.9. The molecule has 0 amide bonds. The molecule has 0 bridgehead atoms. The van der Waals surface area contributed by atoms with Crippen molar-refractivity contribution in [3.8, 4) is 0 Å². The van der Waals surface area contributed by atoms with E-state index in [0.717, 1.165) is 26.0 Å². The van der Waals surface area contributed by atoms with Gasteiger partial charge in [-0.25, -0.2) is 9.78 Å². The Bertz CT molecular complexity index is 681. The number of benzene rings is 1. The maximum atomic E-state index is 10.9. The highest BCUT2D eigenvalue weighted by Crippen LogP contribution is 2.30. The van der Waals surface area contributed by atoms with E-state index in [-0.39, 0.29) is 0 Å². The van der Waals surface area contributed by atoms with E-state index in [1.54, 1.807) is 11.3 Å². The van der Waals surface area contributed by atoms with Crippen LogP contribution in [0.4, 0.5) is 5.69 Å². The summed E-state index contributed by atoms with van der Waals surface area (Å²) in [7, 11) is 1.87. The third-order valence-electron chi connectivity index (χ3n) is 2.80. The molecule has 7 heteroatoms. The van der Waals surface area contributed by atoms with Crippen LogP contribution >= 0.6 is 23.1 Å². The largest absolute Gasteiger partial charge is 0.480 e. The van der Waals surface area contributed by atoms with Crippen molar-refractivity contribution in [2.75, 3.05) is 18.1 Å². The van der Waals surface area contributed by atoms with E-state index in [4.69, 9.17) is 5.11 Å². The molecule has 5 nitrogen and oxygen atoms in total. The Morgan fingerprint density at radius 1 is 1.53 bits per heavy atom. The van der Waals surface area contributed by atoms with E-state index in [1.807, 2.05) is 25.2 Å². The number of thiazole rings is 1. The van der Waals surface area contributed by atoms with Crippen LogP contribution in [0.3, 0.4) is 0 Å². The van der Waals surface area contributed by atoms with Gasteiger partial charge in [-0.1, -0.05) is 0 Å². The van der Waals surface area contributed by atoms with E-state index < -0.39 is 12.0 Å². The van der Waals surface area contributed by atoms with Gasteiger partial charge in [0.2, 0.25) is 0 Å². The third kappa shape index (κ3) is 2.31. The van der Waals surface area contributed by atoms with Gasteiger partial charge in [0.05, 0.1) is 10.2 Å². The Morgan fingerprint density at radius 2 is 2.37 bits per heavy atom. The quantitative estimate of drug-likeness (QED) is 0.908. The van der Waals surface area contributed by atoms with Crippen LogP contribution in [0.25, 0.3) is 10.2 Å². The van der Waals surface area contributed by atoms with Crippen LogP contribution in [0.5, 0.6) is 0 Å². The summed E-state index contributed by atoms with van der Waals surface area (Å²) >= 11 is 3.00. The van der Waals surface area contributed by atoms with Gasteiger partial charge in [0.15, 0.2) is 6.04 Å². The number of fused-ring (bicyclic) bond motifs is 1. The summed E-state index contributed by atoms with van der Waals surface area (Å²) in [4.78, 5) is 19.6. The predicted molar refractivity (Wildman–Crippen MR) is 79.6 cm³/mol. The molecule has 0 saturated carbocycles. The van der Waals surface area contributed by atoms with Crippen molar-refractivity contribution in [3.63, 3.8) is 0 Å². The van der Waals surface area contributed by atoms with Gasteiger partial charge < -0.3 is 10.4 Å². The second kappa shape index (κ2) is 4.82. The molecule has 1 aromatic heterocycles. The van der Waals surface area contributed by atoms with Gasteiger partial charge in [-0.05, 0) is 18.2 Å². The standard InChI is InChI=1S/C12H11N3O2S2/c1-13-6-2-3-7-9(4-6)19-11(14-7)10-15-8(5-18-10)12(16)17/h2-4,8,13H,5H2,1H3,(H,16,17)/t8-/m1/s1. The van der Waals surface area contributed by atoms with Crippen molar-refractivity contribution in [2.24, 2.45) is 4.99 Å². The van der Waals surface area contributed by atoms with E-state index in [1.165, 1.54) is 11.8 Å².